The topological polar surface area (TPSA) is 71.5 Å². The number of ether oxygens (including phenoxy) is 1. The van der Waals surface area contributed by atoms with Crippen LogP contribution < -0.4 is 10.1 Å². The van der Waals surface area contributed by atoms with Crippen molar-refractivity contribution in [1.82, 2.24) is 4.98 Å². The van der Waals surface area contributed by atoms with E-state index in [-0.39, 0.29) is 17.2 Å². The first-order chi connectivity index (χ1) is 9.10. The summed E-state index contributed by atoms with van der Waals surface area (Å²) >= 11 is 0. The number of methoxy groups -OCH3 is 1. The van der Waals surface area contributed by atoms with Gasteiger partial charge in [0.15, 0.2) is 0 Å². The molecular weight excluding hydrogens is 244 g/mol. The summed E-state index contributed by atoms with van der Waals surface area (Å²) in [5.41, 5.74) is 1.89. The molecular formula is C14H14N2O3. The number of aryl methyl sites for hydroxylation is 1. The first-order valence-electron chi connectivity index (χ1n) is 5.70. The number of amides is 1. The fourth-order valence-corrected chi connectivity index (χ4v) is 1.65. The fraction of sp³-hybridized carbons (Fsp3) is 0.143. The number of nitrogens with one attached hydrogen (secondary N) is 1. The molecule has 0 saturated heterocycles. The number of benzene rings is 1. The van der Waals surface area contributed by atoms with Crippen LogP contribution in [0.5, 0.6) is 11.5 Å². The van der Waals surface area contributed by atoms with Gasteiger partial charge in [-0.15, -0.1) is 0 Å². The van der Waals surface area contributed by atoms with Gasteiger partial charge in [0.05, 0.1) is 24.6 Å². The van der Waals surface area contributed by atoms with Crippen molar-refractivity contribution >= 4 is 11.6 Å². The highest BCUT2D eigenvalue weighted by Gasteiger charge is 2.10. The normalized spacial score (nSPS) is 10.0. The van der Waals surface area contributed by atoms with Gasteiger partial charge < -0.3 is 15.2 Å². The van der Waals surface area contributed by atoms with E-state index >= 15 is 0 Å². The number of carbonyl (C=O) groups excluding carboxylic acids is 1. The van der Waals surface area contributed by atoms with Crippen LogP contribution in [0.15, 0.2) is 36.7 Å². The van der Waals surface area contributed by atoms with Crippen molar-refractivity contribution in [2.45, 2.75) is 6.92 Å². The van der Waals surface area contributed by atoms with Crippen molar-refractivity contribution in [2.24, 2.45) is 0 Å². The molecule has 1 heterocycles. The van der Waals surface area contributed by atoms with Gasteiger partial charge >= 0.3 is 0 Å². The Hall–Kier alpha value is -2.56. The molecule has 0 saturated carbocycles. The maximum absolute atomic E-state index is 12.0. The van der Waals surface area contributed by atoms with Crippen molar-refractivity contribution in [3.8, 4) is 11.5 Å². The quantitative estimate of drug-likeness (QED) is 0.886. The fourth-order valence-electron chi connectivity index (χ4n) is 1.65. The second-order valence-electron chi connectivity index (χ2n) is 4.09. The number of anilines is 1. The third-order valence-electron chi connectivity index (χ3n) is 2.59. The van der Waals surface area contributed by atoms with Gasteiger partial charge in [-0.25, -0.2) is 0 Å². The molecule has 0 fully saturated rings. The van der Waals surface area contributed by atoms with E-state index in [1.807, 2.05) is 19.1 Å². The van der Waals surface area contributed by atoms with E-state index in [4.69, 9.17) is 4.74 Å². The van der Waals surface area contributed by atoms with Crippen molar-refractivity contribution in [3.05, 3.63) is 47.8 Å². The molecule has 0 aliphatic heterocycles. The minimum Gasteiger partial charge on any atom is -0.506 e. The summed E-state index contributed by atoms with van der Waals surface area (Å²) in [6.07, 6.45) is 2.65. The third kappa shape index (κ3) is 3.01. The van der Waals surface area contributed by atoms with E-state index in [1.54, 1.807) is 13.2 Å². The molecule has 0 aliphatic carbocycles. The molecule has 1 aromatic heterocycles. The molecule has 1 amide bonds. The second-order valence-corrected chi connectivity index (χ2v) is 4.09. The maximum atomic E-state index is 12.0. The Labute approximate surface area is 110 Å². The lowest BCUT2D eigenvalue weighted by Gasteiger charge is -2.10. The Kier molecular flexibility index (Phi) is 3.66. The highest BCUT2D eigenvalue weighted by atomic mass is 16.5. The number of pyridine rings is 1. The predicted octanol–water partition coefficient (Wildman–Crippen LogP) is 2.36. The van der Waals surface area contributed by atoms with Crippen molar-refractivity contribution < 1.29 is 14.6 Å². The number of aromatic hydroxyl groups is 1. The van der Waals surface area contributed by atoms with Crippen LogP contribution in [-0.2, 0) is 0 Å². The summed E-state index contributed by atoms with van der Waals surface area (Å²) in [4.78, 5) is 15.8. The lowest BCUT2D eigenvalue weighted by atomic mass is 10.2. The average molecular weight is 258 g/mol. The van der Waals surface area contributed by atoms with Crippen LogP contribution in [0.1, 0.15) is 15.9 Å². The zero-order valence-corrected chi connectivity index (χ0v) is 10.7. The van der Waals surface area contributed by atoms with E-state index in [9.17, 15) is 9.90 Å². The molecule has 0 bridgehead atoms. The number of rotatable bonds is 3. The first kappa shape index (κ1) is 12.9. The molecule has 5 heteroatoms. The van der Waals surface area contributed by atoms with Crippen LogP contribution in [0, 0.1) is 6.92 Å². The van der Waals surface area contributed by atoms with Crippen LogP contribution in [0.25, 0.3) is 0 Å². The van der Waals surface area contributed by atoms with Gasteiger partial charge in [0.1, 0.15) is 11.5 Å². The third-order valence-corrected chi connectivity index (χ3v) is 2.59. The van der Waals surface area contributed by atoms with Crippen LogP contribution in [-0.4, -0.2) is 23.1 Å². The average Bonchev–Trinajstić information content (AvgIpc) is 2.40. The highest BCUT2D eigenvalue weighted by molar-refractivity contribution is 6.05. The molecule has 1 aromatic carbocycles. The molecule has 19 heavy (non-hydrogen) atoms. The number of nitrogens with zero attached hydrogens (tertiary/aromatic N) is 1. The Morgan fingerprint density at radius 3 is 2.79 bits per heavy atom. The van der Waals surface area contributed by atoms with Gasteiger partial charge in [-0.05, 0) is 30.7 Å². The first-order valence-corrected chi connectivity index (χ1v) is 5.70. The molecule has 0 atom stereocenters. The minimum atomic E-state index is -0.356. The van der Waals surface area contributed by atoms with Crippen molar-refractivity contribution in [3.63, 3.8) is 0 Å². The molecule has 0 radical (unpaired) electrons. The number of carbonyl (C=O) groups is 1. The number of hydrogen-bond acceptors (Lipinski definition) is 4. The summed E-state index contributed by atoms with van der Waals surface area (Å²) in [5.74, 6) is 0.176. The number of hydrogen-bond donors (Lipinski definition) is 2. The Morgan fingerprint density at radius 1 is 1.32 bits per heavy atom. The van der Waals surface area contributed by atoms with Crippen LogP contribution in [0.3, 0.4) is 0 Å². The van der Waals surface area contributed by atoms with Crippen molar-refractivity contribution in [1.29, 1.82) is 0 Å². The summed E-state index contributed by atoms with van der Waals surface area (Å²) in [7, 11) is 1.54. The molecule has 0 unspecified atom stereocenters. The van der Waals surface area contributed by atoms with Gasteiger partial charge in [-0.1, -0.05) is 6.07 Å². The summed E-state index contributed by atoms with van der Waals surface area (Å²) in [5, 5.41) is 12.0. The molecule has 98 valence electrons. The molecule has 2 rings (SSSR count). The lowest BCUT2D eigenvalue weighted by Crippen LogP contribution is -2.12. The van der Waals surface area contributed by atoms with Crippen LogP contribution in [0.2, 0.25) is 0 Å². The Balaban J connectivity index is 2.24. The van der Waals surface area contributed by atoms with Crippen LogP contribution >= 0.6 is 0 Å². The SMILES string of the molecule is COc1cc(C)ccc1NC(=O)c1cncc(O)c1. The maximum Gasteiger partial charge on any atom is 0.257 e. The lowest BCUT2D eigenvalue weighted by molar-refractivity contribution is 0.102. The molecule has 0 aliphatic rings. The van der Waals surface area contributed by atoms with E-state index in [1.165, 1.54) is 18.5 Å². The smallest absolute Gasteiger partial charge is 0.257 e. The van der Waals surface area contributed by atoms with Gasteiger partial charge in [-0.3, -0.25) is 9.78 Å². The predicted molar refractivity (Wildman–Crippen MR) is 71.6 cm³/mol. The van der Waals surface area contributed by atoms with Gasteiger partial charge in [-0.2, -0.15) is 0 Å². The minimum absolute atomic E-state index is 0.0523. The molecule has 0 spiro atoms. The highest BCUT2D eigenvalue weighted by Crippen LogP contribution is 2.25. The van der Waals surface area contributed by atoms with Gasteiger partial charge in [0.25, 0.3) is 5.91 Å². The number of aromatic nitrogens is 1. The van der Waals surface area contributed by atoms with E-state index < -0.39 is 0 Å². The van der Waals surface area contributed by atoms with E-state index in [2.05, 4.69) is 10.3 Å². The zero-order valence-electron chi connectivity index (χ0n) is 10.7. The van der Waals surface area contributed by atoms with E-state index in [0.29, 0.717) is 11.4 Å². The largest absolute Gasteiger partial charge is 0.506 e. The molecule has 5 nitrogen and oxygen atoms in total. The zero-order chi connectivity index (χ0) is 13.8. The monoisotopic (exact) mass is 258 g/mol. The molecule has 2 N–H and O–H groups in total. The van der Waals surface area contributed by atoms with Crippen LogP contribution in [0.4, 0.5) is 5.69 Å². The van der Waals surface area contributed by atoms with Gasteiger partial charge in [0, 0.05) is 6.20 Å². The summed E-state index contributed by atoms with van der Waals surface area (Å²) in [6.45, 7) is 1.94. The standard InChI is InChI=1S/C14H14N2O3/c1-9-3-4-12(13(5-9)19-2)16-14(18)10-6-11(17)8-15-7-10/h3-8,17H,1-2H3,(H,16,18). The Morgan fingerprint density at radius 2 is 2.11 bits per heavy atom. The van der Waals surface area contributed by atoms with E-state index in [0.717, 1.165) is 5.56 Å². The van der Waals surface area contributed by atoms with Gasteiger partial charge in [0.2, 0.25) is 0 Å². The van der Waals surface area contributed by atoms with Crippen molar-refractivity contribution in [2.75, 3.05) is 12.4 Å². The molecule has 2 aromatic rings. The summed E-state index contributed by atoms with van der Waals surface area (Å²) in [6, 6.07) is 6.82. The summed E-state index contributed by atoms with van der Waals surface area (Å²) < 4.78 is 5.21. The second kappa shape index (κ2) is 5.39. The Bertz CT molecular complexity index is 611.